The molecule has 0 aromatic carbocycles. The Labute approximate surface area is 121 Å². The Bertz CT molecular complexity index is 833. The van der Waals surface area contributed by atoms with Crippen LogP contribution in [-0.4, -0.2) is 36.7 Å². The lowest BCUT2D eigenvalue weighted by Gasteiger charge is -1.98. The first-order valence-corrected chi connectivity index (χ1v) is 6.82. The summed E-state index contributed by atoms with van der Waals surface area (Å²) in [5.74, 6) is -0.681. The zero-order valence-corrected chi connectivity index (χ0v) is 11.6. The third kappa shape index (κ3) is 2.14. The molecule has 0 unspecified atom stereocenters. The number of hydrogen-bond acceptors (Lipinski definition) is 7. The van der Waals surface area contributed by atoms with Gasteiger partial charge >= 0.3 is 11.8 Å². The zero-order valence-electron chi connectivity index (χ0n) is 10.8. The van der Waals surface area contributed by atoms with Crippen LogP contribution in [0.25, 0.3) is 10.8 Å². The molecule has 10 heteroatoms. The predicted molar refractivity (Wildman–Crippen MR) is 72.8 cm³/mol. The second-order valence-corrected chi connectivity index (χ2v) is 4.84. The van der Waals surface area contributed by atoms with E-state index in [1.807, 2.05) is 0 Å². The minimum absolute atomic E-state index is 0.0578. The molecule has 9 nitrogen and oxygen atoms in total. The first kappa shape index (κ1) is 13.2. The maximum absolute atomic E-state index is 11.6. The van der Waals surface area contributed by atoms with Crippen molar-refractivity contribution in [1.29, 1.82) is 0 Å². The van der Waals surface area contributed by atoms with Gasteiger partial charge in [0.15, 0.2) is 0 Å². The van der Waals surface area contributed by atoms with Crippen molar-refractivity contribution in [3.63, 3.8) is 0 Å². The van der Waals surface area contributed by atoms with Gasteiger partial charge in [-0.2, -0.15) is 14.5 Å². The second-order valence-electron chi connectivity index (χ2n) is 3.97. The third-order valence-electron chi connectivity index (χ3n) is 2.70. The van der Waals surface area contributed by atoms with Crippen molar-refractivity contribution in [2.24, 2.45) is 0 Å². The molecule has 0 spiro atoms. The number of carbonyl (C=O) groups excluding carboxylic acids is 1. The number of aromatic nitrogens is 4. The molecule has 0 saturated heterocycles. The first-order valence-electron chi connectivity index (χ1n) is 5.94. The van der Waals surface area contributed by atoms with Crippen LogP contribution in [0.1, 0.15) is 17.3 Å². The van der Waals surface area contributed by atoms with E-state index in [0.717, 1.165) is 0 Å². The summed E-state index contributed by atoms with van der Waals surface area (Å²) in [5, 5.41) is 16.9. The van der Waals surface area contributed by atoms with Crippen LogP contribution in [-0.2, 0) is 4.74 Å². The Morgan fingerprint density at radius 3 is 3.10 bits per heavy atom. The van der Waals surface area contributed by atoms with Crippen LogP contribution < -0.4 is 0 Å². The van der Waals surface area contributed by atoms with E-state index in [9.17, 15) is 14.9 Å². The highest BCUT2D eigenvalue weighted by molar-refractivity contribution is 7.15. The molecule has 0 bridgehead atoms. The van der Waals surface area contributed by atoms with E-state index in [4.69, 9.17) is 4.74 Å². The van der Waals surface area contributed by atoms with Crippen molar-refractivity contribution in [2.75, 3.05) is 6.61 Å². The quantitative estimate of drug-likeness (QED) is 0.412. The number of ether oxygens (including phenoxy) is 1. The molecule has 0 aliphatic rings. The molecule has 0 amide bonds. The Morgan fingerprint density at radius 1 is 1.57 bits per heavy atom. The monoisotopic (exact) mass is 307 g/mol. The lowest BCUT2D eigenvalue weighted by molar-refractivity contribution is -0.390. The average molecular weight is 307 g/mol. The fourth-order valence-corrected chi connectivity index (χ4v) is 2.55. The molecular formula is C11H9N5O4S. The van der Waals surface area contributed by atoms with Crippen molar-refractivity contribution < 1.29 is 14.5 Å². The Morgan fingerprint density at radius 2 is 2.38 bits per heavy atom. The van der Waals surface area contributed by atoms with Crippen LogP contribution in [0.3, 0.4) is 0 Å². The summed E-state index contributed by atoms with van der Waals surface area (Å²) in [7, 11) is 0. The van der Waals surface area contributed by atoms with Gasteiger partial charge in [0.1, 0.15) is 6.20 Å². The number of rotatable bonds is 4. The first-order chi connectivity index (χ1) is 10.1. The molecule has 0 radical (unpaired) electrons. The van der Waals surface area contributed by atoms with E-state index in [2.05, 4.69) is 10.1 Å². The maximum atomic E-state index is 11.6. The number of nitrogens with zero attached hydrogens (tertiary/aromatic N) is 5. The minimum atomic E-state index is -0.535. The fourth-order valence-electron chi connectivity index (χ4n) is 1.84. The van der Waals surface area contributed by atoms with Gasteiger partial charge in [0.2, 0.25) is 0 Å². The standard InChI is InChI=1S/C11H9N5O4S/c1-2-20-10(17)7-5-12-15(6-7)8-9(16(18)19)14-3-4-21-11(14)13-8/h3-6H,2H2,1H3. The van der Waals surface area contributed by atoms with Crippen LogP contribution in [0.15, 0.2) is 24.0 Å². The molecule has 3 aromatic rings. The van der Waals surface area contributed by atoms with Crippen LogP contribution in [0, 0.1) is 10.1 Å². The Hall–Kier alpha value is -2.75. The molecule has 0 fully saturated rings. The van der Waals surface area contributed by atoms with E-state index >= 15 is 0 Å². The van der Waals surface area contributed by atoms with Crippen molar-refractivity contribution >= 4 is 28.1 Å². The van der Waals surface area contributed by atoms with E-state index in [-0.39, 0.29) is 23.8 Å². The zero-order chi connectivity index (χ0) is 15.0. The lowest BCUT2D eigenvalue weighted by Crippen LogP contribution is -2.04. The van der Waals surface area contributed by atoms with Gasteiger partial charge in [-0.1, -0.05) is 11.3 Å². The Kier molecular flexibility index (Phi) is 3.14. The van der Waals surface area contributed by atoms with Crippen LogP contribution in [0.2, 0.25) is 0 Å². The normalized spacial score (nSPS) is 10.9. The van der Waals surface area contributed by atoms with E-state index in [1.165, 1.54) is 32.8 Å². The number of fused-ring (bicyclic) bond motifs is 1. The van der Waals surface area contributed by atoms with Crippen LogP contribution in [0.5, 0.6) is 0 Å². The van der Waals surface area contributed by atoms with Crippen molar-refractivity contribution in [3.05, 3.63) is 39.6 Å². The number of thiazole rings is 1. The van der Waals surface area contributed by atoms with Gasteiger partial charge in [0.25, 0.3) is 10.8 Å². The van der Waals surface area contributed by atoms with Crippen molar-refractivity contribution in [3.8, 4) is 5.82 Å². The molecule has 3 heterocycles. The van der Waals surface area contributed by atoms with Gasteiger partial charge < -0.3 is 14.9 Å². The molecular weight excluding hydrogens is 298 g/mol. The molecule has 21 heavy (non-hydrogen) atoms. The highest BCUT2D eigenvalue weighted by atomic mass is 32.1. The summed E-state index contributed by atoms with van der Waals surface area (Å²) in [6.07, 6.45) is 4.21. The highest BCUT2D eigenvalue weighted by Crippen LogP contribution is 2.26. The van der Waals surface area contributed by atoms with Gasteiger partial charge in [-0.25, -0.2) is 9.48 Å². The number of hydrogen-bond donors (Lipinski definition) is 0. The smallest absolute Gasteiger partial charge is 0.375 e. The predicted octanol–water partition coefficient (Wildman–Crippen LogP) is 1.67. The maximum Gasteiger partial charge on any atom is 0.375 e. The fraction of sp³-hybridized carbons (Fsp3) is 0.182. The molecule has 0 aliphatic heterocycles. The third-order valence-corrected chi connectivity index (χ3v) is 3.46. The summed E-state index contributed by atoms with van der Waals surface area (Å²) in [6, 6.07) is 0. The number of carbonyl (C=O) groups is 1. The number of imidazole rings is 1. The van der Waals surface area contributed by atoms with Crippen molar-refractivity contribution in [1.82, 2.24) is 19.2 Å². The largest absolute Gasteiger partial charge is 0.462 e. The Balaban J connectivity index is 2.08. The van der Waals surface area contributed by atoms with E-state index < -0.39 is 10.9 Å². The van der Waals surface area contributed by atoms with Gasteiger partial charge in [-0.3, -0.25) is 0 Å². The molecule has 108 valence electrons. The highest BCUT2D eigenvalue weighted by Gasteiger charge is 2.26. The van der Waals surface area contributed by atoms with Crippen LogP contribution in [0.4, 0.5) is 5.82 Å². The summed E-state index contributed by atoms with van der Waals surface area (Å²) in [4.78, 5) is 26.9. The van der Waals surface area contributed by atoms with E-state index in [0.29, 0.717) is 4.96 Å². The van der Waals surface area contributed by atoms with Gasteiger partial charge in [0.05, 0.1) is 18.4 Å². The molecule has 0 saturated carbocycles. The van der Waals surface area contributed by atoms with Gasteiger partial charge in [-0.15, -0.1) is 0 Å². The summed E-state index contributed by atoms with van der Waals surface area (Å²) in [5.41, 5.74) is 0.211. The number of esters is 1. The topological polar surface area (TPSA) is 105 Å². The van der Waals surface area contributed by atoms with Crippen molar-refractivity contribution in [2.45, 2.75) is 6.92 Å². The minimum Gasteiger partial charge on any atom is -0.462 e. The summed E-state index contributed by atoms with van der Waals surface area (Å²) in [6.45, 7) is 1.93. The summed E-state index contributed by atoms with van der Waals surface area (Å²) < 4.78 is 7.41. The van der Waals surface area contributed by atoms with Gasteiger partial charge in [0, 0.05) is 11.6 Å². The molecule has 3 aromatic heterocycles. The van der Waals surface area contributed by atoms with Crippen LogP contribution >= 0.6 is 11.3 Å². The number of nitro groups is 1. The van der Waals surface area contributed by atoms with Gasteiger partial charge in [-0.05, 0) is 11.8 Å². The summed E-state index contributed by atoms with van der Waals surface area (Å²) >= 11 is 1.27. The second kappa shape index (κ2) is 4.98. The average Bonchev–Trinajstić information content (AvgIpc) is 3.12. The molecule has 0 N–H and O–H groups in total. The van der Waals surface area contributed by atoms with E-state index in [1.54, 1.807) is 18.5 Å². The SMILES string of the molecule is CCOC(=O)c1cnn(-c2nc3sccn3c2[N+](=O)[O-])c1. The molecule has 0 atom stereocenters. The molecule has 3 rings (SSSR count). The molecule has 0 aliphatic carbocycles. The lowest BCUT2D eigenvalue weighted by atomic mass is 10.4.